The van der Waals surface area contributed by atoms with Gasteiger partial charge in [-0.05, 0) is 50.1 Å². The lowest BCUT2D eigenvalue weighted by Crippen LogP contribution is -2.25. The third kappa shape index (κ3) is 2.88. The Morgan fingerprint density at radius 1 is 1.29 bits per heavy atom. The van der Waals surface area contributed by atoms with E-state index in [0.717, 1.165) is 7.57 Å². The number of ether oxygens (including phenoxy) is 1. The Kier molecular flexibility index (Phi) is 4.09. The average molecular weight is 452 g/mol. The highest BCUT2D eigenvalue weighted by atomic mass is 79.9. The summed E-state index contributed by atoms with van der Waals surface area (Å²) in [6.45, 7) is -0.0735. The number of halogens is 3. The Hall–Kier alpha value is -0.890. The van der Waals surface area contributed by atoms with Crippen LogP contribution in [0.3, 0.4) is 0 Å². The topological polar surface area (TPSA) is 55.4 Å². The lowest BCUT2D eigenvalue weighted by Gasteiger charge is -2.19. The van der Waals surface area contributed by atoms with Crippen LogP contribution in [0.1, 0.15) is 15.9 Å². The van der Waals surface area contributed by atoms with Gasteiger partial charge in [-0.25, -0.2) is 0 Å². The molecule has 0 unspecified atom stereocenters. The van der Waals surface area contributed by atoms with Crippen molar-refractivity contribution in [2.24, 2.45) is 0 Å². The van der Waals surface area contributed by atoms with Gasteiger partial charge in [-0.15, -0.1) is 11.3 Å². The van der Waals surface area contributed by atoms with Gasteiger partial charge in [0, 0.05) is 11.1 Å². The summed E-state index contributed by atoms with van der Waals surface area (Å²) >= 11 is 14.3. The SMILES string of the molecule is O=C1COc2cc(C(=O)c3cc(Br)sc3Br)c(Cl)cc2N1. The van der Waals surface area contributed by atoms with Crippen LogP contribution in [-0.4, -0.2) is 18.3 Å². The molecule has 4 nitrogen and oxygen atoms in total. The number of rotatable bonds is 2. The van der Waals surface area contributed by atoms with Gasteiger partial charge in [-0.2, -0.15) is 0 Å². The molecular weight excluding hydrogens is 445 g/mol. The monoisotopic (exact) mass is 449 g/mol. The van der Waals surface area contributed by atoms with Crippen LogP contribution in [0.25, 0.3) is 0 Å². The highest BCUT2D eigenvalue weighted by molar-refractivity contribution is 9.12. The van der Waals surface area contributed by atoms with Crippen molar-refractivity contribution < 1.29 is 14.3 Å². The summed E-state index contributed by atoms with van der Waals surface area (Å²) in [5, 5.41) is 2.91. The second-order valence-electron chi connectivity index (χ2n) is 4.23. The van der Waals surface area contributed by atoms with Crippen molar-refractivity contribution in [1.29, 1.82) is 0 Å². The summed E-state index contributed by atoms with van der Waals surface area (Å²) in [5.74, 6) is -0.0213. The summed E-state index contributed by atoms with van der Waals surface area (Å²) in [7, 11) is 0. The van der Waals surface area contributed by atoms with Crippen molar-refractivity contribution >= 4 is 72.2 Å². The highest BCUT2D eigenvalue weighted by Gasteiger charge is 2.23. The minimum Gasteiger partial charge on any atom is -0.482 e. The van der Waals surface area contributed by atoms with Crippen LogP contribution in [-0.2, 0) is 4.79 Å². The van der Waals surface area contributed by atoms with Gasteiger partial charge in [0.15, 0.2) is 12.4 Å². The summed E-state index contributed by atoms with van der Waals surface area (Å²) in [6.07, 6.45) is 0. The van der Waals surface area contributed by atoms with E-state index in [-0.39, 0.29) is 23.3 Å². The minimum atomic E-state index is -0.248. The van der Waals surface area contributed by atoms with E-state index in [1.165, 1.54) is 17.4 Å². The molecule has 8 heteroatoms. The molecule has 0 bridgehead atoms. The zero-order chi connectivity index (χ0) is 15.1. The number of hydrogen-bond acceptors (Lipinski definition) is 4. The molecule has 2 heterocycles. The number of carbonyl (C=O) groups excluding carboxylic acids is 2. The van der Waals surface area contributed by atoms with E-state index in [1.807, 2.05) is 0 Å². The molecular formula is C13H6Br2ClNO3S. The van der Waals surface area contributed by atoms with Gasteiger partial charge in [0.05, 0.1) is 18.3 Å². The lowest BCUT2D eigenvalue weighted by molar-refractivity contribution is -0.118. The summed E-state index contributed by atoms with van der Waals surface area (Å²) in [6, 6.07) is 4.81. The van der Waals surface area contributed by atoms with Gasteiger partial charge in [0.25, 0.3) is 5.91 Å². The Labute approximate surface area is 145 Å². The number of amides is 1. The Bertz CT molecular complexity index is 775. The molecule has 0 spiro atoms. The van der Waals surface area contributed by atoms with E-state index < -0.39 is 0 Å². The molecule has 0 saturated carbocycles. The highest BCUT2D eigenvalue weighted by Crippen LogP contribution is 2.37. The zero-order valence-electron chi connectivity index (χ0n) is 10.2. The fourth-order valence-corrected chi connectivity index (χ4v) is 4.96. The molecule has 21 heavy (non-hydrogen) atoms. The fourth-order valence-electron chi connectivity index (χ4n) is 1.91. The standard InChI is InChI=1S/C13H6Br2ClNO3S/c14-10-2-6(13(15)21-10)12(19)5-1-9-8(3-7(5)16)17-11(18)4-20-9/h1-3H,4H2,(H,17,18). The van der Waals surface area contributed by atoms with Gasteiger partial charge in [-0.1, -0.05) is 11.6 Å². The minimum absolute atomic E-state index is 0.0735. The summed E-state index contributed by atoms with van der Waals surface area (Å²) in [5.41, 5.74) is 1.32. The number of thiophene rings is 1. The van der Waals surface area contributed by atoms with Crippen LogP contribution in [0.5, 0.6) is 5.75 Å². The predicted octanol–water partition coefficient (Wildman–Crippen LogP) is 4.49. The van der Waals surface area contributed by atoms with E-state index >= 15 is 0 Å². The first kappa shape index (κ1) is 15.0. The smallest absolute Gasteiger partial charge is 0.262 e. The van der Waals surface area contributed by atoms with Crippen LogP contribution < -0.4 is 10.1 Å². The number of nitrogens with one attached hydrogen (secondary N) is 1. The number of benzene rings is 1. The van der Waals surface area contributed by atoms with Crippen LogP contribution in [0, 0.1) is 0 Å². The van der Waals surface area contributed by atoms with E-state index in [4.69, 9.17) is 16.3 Å². The molecule has 0 atom stereocenters. The first-order chi connectivity index (χ1) is 9.95. The molecule has 1 aliphatic rings. The molecule has 1 aliphatic heterocycles. The lowest BCUT2D eigenvalue weighted by atomic mass is 10.0. The maximum atomic E-state index is 12.6. The summed E-state index contributed by atoms with van der Waals surface area (Å²) < 4.78 is 6.88. The molecule has 108 valence electrons. The molecule has 1 amide bonds. The maximum Gasteiger partial charge on any atom is 0.262 e. The van der Waals surface area contributed by atoms with E-state index in [9.17, 15) is 9.59 Å². The third-order valence-electron chi connectivity index (χ3n) is 2.85. The molecule has 1 aromatic heterocycles. The van der Waals surface area contributed by atoms with Crippen LogP contribution in [0.2, 0.25) is 5.02 Å². The quantitative estimate of drug-likeness (QED) is 0.685. The van der Waals surface area contributed by atoms with Crippen molar-refractivity contribution in [1.82, 2.24) is 0 Å². The van der Waals surface area contributed by atoms with Crippen molar-refractivity contribution in [3.8, 4) is 5.75 Å². The largest absolute Gasteiger partial charge is 0.482 e. The Balaban J connectivity index is 2.05. The van der Waals surface area contributed by atoms with Gasteiger partial charge < -0.3 is 10.1 Å². The normalized spacial score (nSPS) is 13.4. The molecule has 2 aromatic rings. The average Bonchev–Trinajstić information content (AvgIpc) is 2.76. The van der Waals surface area contributed by atoms with E-state index in [0.29, 0.717) is 22.6 Å². The second kappa shape index (κ2) is 5.72. The van der Waals surface area contributed by atoms with Gasteiger partial charge in [0.1, 0.15) is 5.75 Å². The van der Waals surface area contributed by atoms with Crippen LogP contribution in [0.15, 0.2) is 25.8 Å². The van der Waals surface area contributed by atoms with Gasteiger partial charge in [0.2, 0.25) is 0 Å². The van der Waals surface area contributed by atoms with E-state index in [2.05, 4.69) is 37.2 Å². The second-order valence-corrected chi connectivity index (χ2v) is 8.39. The number of anilines is 1. The summed E-state index contributed by atoms with van der Waals surface area (Å²) in [4.78, 5) is 23.8. The maximum absolute atomic E-state index is 12.6. The molecule has 3 rings (SSSR count). The van der Waals surface area contributed by atoms with E-state index in [1.54, 1.807) is 12.1 Å². The van der Waals surface area contributed by atoms with Crippen molar-refractivity contribution in [3.05, 3.63) is 41.9 Å². The zero-order valence-corrected chi connectivity index (χ0v) is 15.0. The molecule has 0 fully saturated rings. The van der Waals surface area contributed by atoms with Crippen molar-refractivity contribution in [2.45, 2.75) is 0 Å². The number of ketones is 1. The first-order valence-electron chi connectivity index (χ1n) is 5.71. The van der Waals surface area contributed by atoms with Crippen molar-refractivity contribution in [2.75, 3.05) is 11.9 Å². The van der Waals surface area contributed by atoms with Crippen molar-refractivity contribution in [3.63, 3.8) is 0 Å². The van der Waals surface area contributed by atoms with Crippen LogP contribution in [0.4, 0.5) is 5.69 Å². The fraction of sp³-hybridized carbons (Fsp3) is 0.0769. The number of carbonyl (C=O) groups is 2. The first-order valence-corrected chi connectivity index (χ1v) is 8.49. The third-order valence-corrected chi connectivity index (χ3v) is 5.50. The number of hydrogen-bond donors (Lipinski definition) is 1. The molecule has 1 aromatic carbocycles. The molecule has 0 radical (unpaired) electrons. The molecule has 0 aliphatic carbocycles. The predicted molar refractivity (Wildman–Crippen MR) is 88.7 cm³/mol. The Morgan fingerprint density at radius 3 is 2.71 bits per heavy atom. The molecule has 0 saturated heterocycles. The Morgan fingerprint density at radius 2 is 2.05 bits per heavy atom. The van der Waals surface area contributed by atoms with Gasteiger partial charge >= 0.3 is 0 Å². The molecule has 1 N–H and O–H groups in total. The van der Waals surface area contributed by atoms with Gasteiger partial charge in [-0.3, -0.25) is 9.59 Å². The van der Waals surface area contributed by atoms with Crippen LogP contribution >= 0.6 is 54.8 Å². The number of fused-ring (bicyclic) bond motifs is 1.